The molecule has 0 aromatic heterocycles. The molecule has 5 heteroatoms. The Morgan fingerprint density at radius 2 is 1.90 bits per heavy atom. The lowest BCUT2D eigenvalue weighted by Gasteiger charge is -2.20. The highest BCUT2D eigenvalue weighted by molar-refractivity contribution is 5.76. The second kappa shape index (κ2) is 6.93. The minimum Gasteiger partial charge on any atom is -0.550 e. The summed E-state index contributed by atoms with van der Waals surface area (Å²) < 4.78 is 0. The molecule has 5 nitrogen and oxygen atoms in total. The Morgan fingerprint density at radius 3 is 2.35 bits per heavy atom. The van der Waals surface area contributed by atoms with Crippen LogP contribution in [0.1, 0.15) is 37.3 Å². The highest BCUT2D eigenvalue weighted by Gasteiger charge is 2.11. The highest BCUT2D eigenvalue weighted by Crippen LogP contribution is 2.22. The fraction of sp³-hybridized carbons (Fsp3) is 0.467. The summed E-state index contributed by atoms with van der Waals surface area (Å²) in [7, 11) is 0. The number of anilines is 1. The predicted molar refractivity (Wildman–Crippen MR) is 71.9 cm³/mol. The Morgan fingerprint density at radius 1 is 1.25 bits per heavy atom. The average molecular weight is 277 g/mol. The topological polar surface area (TPSA) is 92.3 Å². The molecule has 1 atom stereocenters. The lowest BCUT2D eigenvalue weighted by Crippen LogP contribution is -2.39. The SMILES string of the molecule is Cc1cc(NC[C@H](CC(=O)[O-])C(=O)[O-])ccc1C(C)C. The van der Waals surface area contributed by atoms with Gasteiger partial charge in [0.25, 0.3) is 0 Å². The van der Waals surface area contributed by atoms with Crippen LogP contribution < -0.4 is 15.5 Å². The van der Waals surface area contributed by atoms with Gasteiger partial charge in [-0.1, -0.05) is 19.9 Å². The molecule has 1 rings (SSSR count). The Hall–Kier alpha value is -2.04. The number of carboxylic acids is 2. The minimum absolute atomic E-state index is 0.00320. The Kier molecular flexibility index (Phi) is 5.55. The molecule has 0 radical (unpaired) electrons. The standard InChI is InChI=1S/C15H21NO4/c1-9(2)13-5-4-12(6-10(13)3)16-8-11(15(19)20)7-14(17)18/h4-6,9,11,16H,7-8H2,1-3H3,(H,17,18)(H,19,20)/p-2/t11-/m0/s1. The largest absolute Gasteiger partial charge is 0.550 e. The number of carboxylic acid groups (broad SMARTS) is 2. The summed E-state index contributed by atoms with van der Waals surface area (Å²) in [6.45, 7) is 6.18. The zero-order valence-corrected chi connectivity index (χ0v) is 11.9. The van der Waals surface area contributed by atoms with Crippen LogP contribution in [-0.2, 0) is 9.59 Å². The zero-order valence-electron chi connectivity index (χ0n) is 11.9. The van der Waals surface area contributed by atoms with E-state index in [1.807, 2.05) is 25.1 Å². The van der Waals surface area contributed by atoms with Gasteiger partial charge in [0.1, 0.15) is 0 Å². The van der Waals surface area contributed by atoms with Gasteiger partial charge in [0.05, 0.1) is 0 Å². The van der Waals surface area contributed by atoms with E-state index in [-0.39, 0.29) is 6.54 Å². The van der Waals surface area contributed by atoms with Crippen LogP contribution in [0.4, 0.5) is 5.69 Å². The van der Waals surface area contributed by atoms with E-state index >= 15 is 0 Å². The van der Waals surface area contributed by atoms with Crippen molar-refractivity contribution in [2.45, 2.75) is 33.1 Å². The molecule has 0 saturated carbocycles. The third kappa shape index (κ3) is 4.57. The van der Waals surface area contributed by atoms with Crippen molar-refractivity contribution >= 4 is 17.6 Å². The first-order valence-corrected chi connectivity index (χ1v) is 6.56. The van der Waals surface area contributed by atoms with E-state index in [2.05, 4.69) is 19.2 Å². The number of hydrogen-bond acceptors (Lipinski definition) is 5. The third-order valence-corrected chi connectivity index (χ3v) is 3.19. The summed E-state index contributed by atoms with van der Waals surface area (Å²) in [5.41, 5.74) is 3.09. The van der Waals surface area contributed by atoms with Crippen molar-refractivity contribution in [1.29, 1.82) is 0 Å². The fourth-order valence-electron chi connectivity index (χ4n) is 2.11. The number of aryl methyl sites for hydroxylation is 1. The number of carbonyl (C=O) groups excluding carboxylic acids is 2. The van der Waals surface area contributed by atoms with Gasteiger partial charge in [-0.3, -0.25) is 0 Å². The summed E-state index contributed by atoms with van der Waals surface area (Å²) in [5.74, 6) is -3.48. The molecule has 0 aliphatic carbocycles. The lowest BCUT2D eigenvalue weighted by atomic mass is 9.97. The normalized spacial score (nSPS) is 12.2. The van der Waals surface area contributed by atoms with E-state index in [4.69, 9.17) is 0 Å². The van der Waals surface area contributed by atoms with E-state index in [0.717, 1.165) is 11.3 Å². The second-order valence-electron chi connectivity index (χ2n) is 5.20. The number of hydrogen-bond donors (Lipinski definition) is 1. The number of aliphatic carboxylic acids is 2. The van der Waals surface area contributed by atoms with E-state index in [1.165, 1.54) is 5.56 Å². The molecule has 0 fully saturated rings. The van der Waals surface area contributed by atoms with Crippen molar-refractivity contribution in [3.05, 3.63) is 29.3 Å². The van der Waals surface area contributed by atoms with Crippen molar-refractivity contribution in [2.24, 2.45) is 5.92 Å². The molecule has 1 N–H and O–H groups in total. The Balaban J connectivity index is 2.71. The molecule has 0 amide bonds. The fourth-order valence-corrected chi connectivity index (χ4v) is 2.11. The molecule has 0 heterocycles. The van der Waals surface area contributed by atoms with Crippen LogP contribution in [0.3, 0.4) is 0 Å². The third-order valence-electron chi connectivity index (χ3n) is 3.19. The lowest BCUT2D eigenvalue weighted by molar-refractivity contribution is -0.320. The molecule has 0 spiro atoms. The van der Waals surface area contributed by atoms with Gasteiger partial charge in [-0.15, -0.1) is 0 Å². The van der Waals surface area contributed by atoms with Crippen molar-refractivity contribution in [2.75, 3.05) is 11.9 Å². The van der Waals surface area contributed by atoms with Gasteiger partial charge >= 0.3 is 0 Å². The minimum atomic E-state index is -1.40. The molecular formula is C15H19NO4-2. The maximum atomic E-state index is 10.8. The Bertz CT molecular complexity index is 497. The van der Waals surface area contributed by atoms with E-state index < -0.39 is 24.3 Å². The van der Waals surface area contributed by atoms with Crippen LogP contribution in [0.15, 0.2) is 18.2 Å². The molecule has 20 heavy (non-hydrogen) atoms. The first-order chi connectivity index (χ1) is 9.31. The molecule has 0 saturated heterocycles. The maximum absolute atomic E-state index is 10.8. The van der Waals surface area contributed by atoms with Gasteiger partial charge in [-0.2, -0.15) is 0 Å². The monoisotopic (exact) mass is 277 g/mol. The van der Waals surface area contributed by atoms with Crippen LogP contribution >= 0.6 is 0 Å². The summed E-state index contributed by atoms with van der Waals surface area (Å²) in [4.78, 5) is 21.3. The van der Waals surface area contributed by atoms with Gasteiger partial charge in [0.2, 0.25) is 0 Å². The molecule has 0 bridgehead atoms. The summed E-state index contributed by atoms with van der Waals surface area (Å²) >= 11 is 0. The predicted octanol–water partition coefficient (Wildman–Crippen LogP) is 0.0364. The van der Waals surface area contributed by atoms with Crippen molar-refractivity contribution < 1.29 is 19.8 Å². The van der Waals surface area contributed by atoms with Crippen LogP contribution in [-0.4, -0.2) is 18.5 Å². The van der Waals surface area contributed by atoms with Crippen LogP contribution in [0, 0.1) is 12.8 Å². The quantitative estimate of drug-likeness (QED) is 0.759. The van der Waals surface area contributed by atoms with Gasteiger partial charge in [0, 0.05) is 30.1 Å². The van der Waals surface area contributed by atoms with E-state index in [1.54, 1.807) is 0 Å². The number of benzene rings is 1. The molecule has 1 aromatic carbocycles. The molecule has 0 unspecified atom stereocenters. The summed E-state index contributed by atoms with van der Waals surface area (Å²) in [6, 6.07) is 5.75. The van der Waals surface area contributed by atoms with E-state index in [9.17, 15) is 19.8 Å². The smallest absolute Gasteiger partial charge is 0.0466 e. The summed E-state index contributed by atoms with van der Waals surface area (Å²) in [5, 5.41) is 24.2. The average Bonchev–Trinajstić information content (AvgIpc) is 2.33. The molecule has 0 aliphatic heterocycles. The molecule has 110 valence electrons. The van der Waals surface area contributed by atoms with Gasteiger partial charge in [0.15, 0.2) is 0 Å². The molecule has 0 aliphatic rings. The van der Waals surface area contributed by atoms with Crippen molar-refractivity contribution in [3.8, 4) is 0 Å². The molecular weight excluding hydrogens is 258 g/mol. The van der Waals surface area contributed by atoms with E-state index in [0.29, 0.717) is 5.92 Å². The zero-order chi connectivity index (χ0) is 15.3. The number of rotatable bonds is 7. The first kappa shape index (κ1) is 16.0. The highest BCUT2D eigenvalue weighted by atomic mass is 16.4. The van der Waals surface area contributed by atoms with Gasteiger partial charge < -0.3 is 25.1 Å². The van der Waals surface area contributed by atoms with Gasteiger partial charge in [-0.05, 0) is 42.5 Å². The van der Waals surface area contributed by atoms with Crippen molar-refractivity contribution in [1.82, 2.24) is 0 Å². The van der Waals surface area contributed by atoms with Gasteiger partial charge in [-0.25, -0.2) is 0 Å². The van der Waals surface area contributed by atoms with Crippen LogP contribution in [0.25, 0.3) is 0 Å². The Labute approximate surface area is 118 Å². The van der Waals surface area contributed by atoms with Crippen molar-refractivity contribution in [3.63, 3.8) is 0 Å². The maximum Gasteiger partial charge on any atom is 0.0466 e. The molecule has 1 aromatic rings. The summed E-state index contributed by atoms with van der Waals surface area (Å²) in [6.07, 6.45) is -0.557. The first-order valence-electron chi connectivity index (χ1n) is 6.56. The van der Waals surface area contributed by atoms with Crippen LogP contribution in [0.2, 0.25) is 0 Å². The number of carbonyl (C=O) groups is 2. The number of nitrogens with one attached hydrogen (secondary N) is 1. The van der Waals surface area contributed by atoms with Crippen LogP contribution in [0.5, 0.6) is 0 Å². The second-order valence-corrected chi connectivity index (χ2v) is 5.20.